The molecule has 2 heterocycles. The number of carbonyl (C=O) groups excluding carboxylic acids is 8. The number of para-hydroxylation sites is 1. The van der Waals surface area contributed by atoms with Crippen LogP contribution in [0.15, 0.2) is 73.3 Å². The molecule has 0 radical (unpaired) electrons. The summed E-state index contributed by atoms with van der Waals surface area (Å²) in [5.74, 6) is -6.00. The SMILES string of the molecule is CCCC[C@H](O)[C@H](CC(C)C)NC(=O)[C@H](Cc1cnc[nH]1)NC(=O)CNC(=O)[C@@H](NC(=O)[C@H](C)NC(=O)[C@H](Cc1c[nH]c2ccccc12)NC(=O)[C@H](CCC(N)=O)NC(=O)[C@H](N)Cc1ccccc1)C(C)C. The molecule has 8 amide bonds. The Hall–Kier alpha value is -7.13. The van der Waals surface area contributed by atoms with Crippen molar-refractivity contribution in [1.82, 2.24) is 52.2 Å². The number of primary amides is 1. The molecule has 0 fully saturated rings. The quantitative estimate of drug-likeness (QED) is 0.0347. The summed E-state index contributed by atoms with van der Waals surface area (Å²) in [7, 11) is 0. The fraction of sp³-hybridized carbons (Fsp3) is 0.510. The number of benzene rings is 2. The van der Waals surface area contributed by atoms with Crippen LogP contribution in [-0.2, 0) is 57.6 Å². The number of carbonyl (C=O) groups is 8. The van der Waals surface area contributed by atoms with Gasteiger partial charge in [0.05, 0.1) is 31.1 Å². The largest absolute Gasteiger partial charge is 0.391 e. The lowest BCUT2D eigenvalue weighted by atomic mass is 9.95. The lowest BCUT2D eigenvalue weighted by Gasteiger charge is -2.28. The van der Waals surface area contributed by atoms with Crippen molar-refractivity contribution in [3.05, 3.63) is 90.1 Å². The van der Waals surface area contributed by atoms with Crippen molar-refractivity contribution in [2.24, 2.45) is 23.3 Å². The topological polar surface area (TPSA) is 338 Å². The van der Waals surface area contributed by atoms with E-state index in [4.69, 9.17) is 11.5 Å². The van der Waals surface area contributed by atoms with Gasteiger partial charge in [-0.3, -0.25) is 38.4 Å². The molecule has 4 aromatic rings. The molecule has 0 aliphatic carbocycles. The highest BCUT2D eigenvalue weighted by atomic mass is 16.3. The molecular formula is C51H74N12O9. The molecule has 4 rings (SSSR count). The third kappa shape index (κ3) is 18.6. The molecule has 21 heteroatoms. The van der Waals surface area contributed by atoms with Crippen molar-refractivity contribution < 1.29 is 43.5 Å². The van der Waals surface area contributed by atoms with Crippen LogP contribution < -0.4 is 48.7 Å². The Balaban J connectivity index is 1.44. The van der Waals surface area contributed by atoms with Crippen molar-refractivity contribution >= 4 is 58.2 Å². The van der Waals surface area contributed by atoms with Crippen molar-refractivity contribution in [3.8, 4) is 0 Å². The summed E-state index contributed by atoms with van der Waals surface area (Å²) in [6, 6.07) is 8.53. The van der Waals surface area contributed by atoms with Gasteiger partial charge in [0, 0.05) is 48.3 Å². The number of nitrogens with one attached hydrogen (secondary N) is 9. The van der Waals surface area contributed by atoms with Gasteiger partial charge in [-0.25, -0.2) is 4.98 Å². The maximum absolute atomic E-state index is 14.2. The second-order valence-electron chi connectivity index (χ2n) is 19.0. The monoisotopic (exact) mass is 999 g/mol. The average Bonchev–Trinajstić information content (AvgIpc) is 4.02. The van der Waals surface area contributed by atoms with Crippen LogP contribution in [0.4, 0.5) is 0 Å². The van der Waals surface area contributed by atoms with Gasteiger partial charge in [0.1, 0.15) is 30.2 Å². The van der Waals surface area contributed by atoms with E-state index in [2.05, 4.69) is 52.2 Å². The molecule has 2 aromatic carbocycles. The van der Waals surface area contributed by atoms with Crippen LogP contribution in [-0.4, -0.2) is 122 Å². The predicted octanol–water partition coefficient (Wildman–Crippen LogP) is 0.810. The van der Waals surface area contributed by atoms with Crippen molar-refractivity contribution in [3.63, 3.8) is 0 Å². The molecule has 0 aliphatic heterocycles. The first-order valence-electron chi connectivity index (χ1n) is 24.6. The molecule has 8 atom stereocenters. The fourth-order valence-corrected chi connectivity index (χ4v) is 8.06. The number of H-pyrrole nitrogens is 2. The Kier molecular flexibility index (Phi) is 22.9. The third-order valence-corrected chi connectivity index (χ3v) is 12.1. The Morgan fingerprint density at radius 2 is 1.35 bits per heavy atom. The van der Waals surface area contributed by atoms with Gasteiger partial charge < -0.3 is 63.8 Å². The number of amides is 8. The molecule has 0 saturated heterocycles. The summed E-state index contributed by atoms with van der Waals surface area (Å²) in [5.41, 5.74) is 14.4. The average molecular weight is 999 g/mol. The number of nitrogens with zero attached hydrogens (tertiary/aromatic N) is 1. The Bertz CT molecular complexity index is 2410. The molecule has 2 aromatic heterocycles. The number of aliphatic hydroxyl groups is 1. The van der Waals surface area contributed by atoms with Gasteiger partial charge in [-0.1, -0.05) is 96.0 Å². The van der Waals surface area contributed by atoms with E-state index in [-0.39, 0.29) is 38.0 Å². The molecule has 14 N–H and O–H groups in total. The molecular weight excluding hydrogens is 925 g/mol. The number of hydrogen-bond acceptors (Lipinski definition) is 11. The number of unbranched alkanes of at least 4 members (excludes halogenated alkanes) is 1. The molecule has 0 bridgehead atoms. The number of aliphatic hydroxyl groups excluding tert-OH is 1. The summed E-state index contributed by atoms with van der Waals surface area (Å²) in [4.78, 5) is 118. The summed E-state index contributed by atoms with van der Waals surface area (Å²) < 4.78 is 0. The number of aromatic nitrogens is 3. The van der Waals surface area contributed by atoms with Gasteiger partial charge in [0.15, 0.2) is 0 Å². The number of rotatable bonds is 30. The van der Waals surface area contributed by atoms with E-state index in [9.17, 15) is 43.5 Å². The Morgan fingerprint density at radius 3 is 2.00 bits per heavy atom. The molecule has 0 unspecified atom stereocenters. The zero-order valence-electron chi connectivity index (χ0n) is 42.1. The highest BCUT2D eigenvalue weighted by Crippen LogP contribution is 2.20. The van der Waals surface area contributed by atoms with Crippen LogP contribution in [0.3, 0.4) is 0 Å². The van der Waals surface area contributed by atoms with E-state index in [1.54, 1.807) is 44.3 Å². The number of fused-ring (bicyclic) bond motifs is 1. The van der Waals surface area contributed by atoms with Crippen LogP contribution in [0.5, 0.6) is 0 Å². The van der Waals surface area contributed by atoms with Crippen LogP contribution in [0.1, 0.15) is 96.9 Å². The van der Waals surface area contributed by atoms with E-state index in [0.29, 0.717) is 24.1 Å². The first-order chi connectivity index (χ1) is 34.3. The van der Waals surface area contributed by atoms with Gasteiger partial charge >= 0.3 is 0 Å². The molecule has 72 heavy (non-hydrogen) atoms. The molecule has 0 spiro atoms. The van der Waals surface area contributed by atoms with Crippen LogP contribution in [0.25, 0.3) is 10.9 Å². The first-order valence-corrected chi connectivity index (χ1v) is 24.6. The van der Waals surface area contributed by atoms with Gasteiger partial charge in [-0.15, -0.1) is 0 Å². The molecule has 21 nitrogen and oxygen atoms in total. The maximum atomic E-state index is 14.2. The van der Waals surface area contributed by atoms with Gasteiger partial charge in [-0.2, -0.15) is 0 Å². The second kappa shape index (κ2) is 28.7. The number of imidazole rings is 1. The van der Waals surface area contributed by atoms with E-state index in [1.807, 2.05) is 51.1 Å². The predicted molar refractivity (Wildman–Crippen MR) is 271 cm³/mol. The highest BCUT2D eigenvalue weighted by molar-refractivity contribution is 5.97. The minimum absolute atomic E-state index is 0.0436. The van der Waals surface area contributed by atoms with E-state index >= 15 is 0 Å². The van der Waals surface area contributed by atoms with Crippen LogP contribution in [0.2, 0.25) is 0 Å². The zero-order valence-corrected chi connectivity index (χ0v) is 42.1. The van der Waals surface area contributed by atoms with E-state index < -0.39 is 108 Å². The molecule has 0 aliphatic rings. The van der Waals surface area contributed by atoms with E-state index in [1.165, 1.54) is 19.4 Å². The molecule has 0 saturated carbocycles. The van der Waals surface area contributed by atoms with Gasteiger partial charge in [0.2, 0.25) is 47.3 Å². The van der Waals surface area contributed by atoms with Crippen molar-refractivity contribution in [2.75, 3.05) is 6.54 Å². The third-order valence-electron chi connectivity index (χ3n) is 12.1. The minimum Gasteiger partial charge on any atom is -0.391 e. The Labute approximate surface area is 420 Å². The Morgan fingerprint density at radius 1 is 0.694 bits per heavy atom. The number of nitrogens with two attached hydrogens (primary N) is 2. The summed E-state index contributed by atoms with van der Waals surface area (Å²) in [6.07, 6.45) is 6.18. The van der Waals surface area contributed by atoms with Gasteiger partial charge in [-0.05, 0) is 61.6 Å². The number of hydrogen-bond donors (Lipinski definition) is 12. The number of aromatic amines is 2. The normalized spacial score (nSPS) is 14.7. The van der Waals surface area contributed by atoms with E-state index in [0.717, 1.165) is 29.3 Å². The van der Waals surface area contributed by atoms with Crippen molar-refractivity contribution in [2.45, 2.75) is 148 Å². The van der Waals surface area contributed by atoms with Crippen LogP contribution >= 0.6 is 0 Å². The molecule has 392 valence electrons. The van der Waals surface area contributed by atoms with Gasteiger partial charge in [0.25, 0.3) is 0 Å². The smallest absolute Gasteiger partial charge is 0.243 e. The summed E-state index contributed by atoms with van der Waals surface area (Å²) >= 11 is 0. The lowest BCUT2D eigenvalue weighted by molar-refractivity contribution is -0.135. The minimum atomic E-state index is -1.33. The maximum Gasteiger partial charge on any atom is 0.243 e. The summed E-state index contributed by atoms with van der Waals surface area (Å²) in [6.45, 7) is 10.2. The lowest BCUT2D eigenvalue weighted by Crippen LogP contribution is -2.59. The fourth-order valence-electron chi connectivity index (χ4n) is 8.06. The standard InChI is InChI=1S/C51H74N12O9/c1-7-8-18-42(64)39(21-29(2)3)61-50(71)41(24-34-26-54-28-57-34)59-44(66)27-56-51(72)45(30(4)5)63-46(67)31(6)58-49(70)40(23-33-25-55-37-17-13-12-16-35(33)37)62-48(69)38(19-20-43(53)65)60-47(68)36(52)22-32-14-10-9-11-15-32/h9-17,25-26,28-31,36,38-42,45,55,64H,7-8,18-24,27,52H2,1-6H3,(H2,53,65)(H,54,57)(H,56,72)(H,58,70)(H,59,66)(H,60,68)(H,61,71)(H,62,69)(H,63,67)/t31-,36+,38-,39-,40-,41-,42-,45-/m0/s1. The van der Waals surface area contributed by atoms with Crippen LogP contribution in [0, 0.1) is 11.8 Å². The second-order valence-corrected chi connectivity index (χ2v) is 19.0. The zero-order chi connectivity index (χ0) is 52.9. The van der Waals surface area contributed by atoms with Crippen molar-refractivity contribution in [1.29, 1.82) is 0 Å². The first kappa shape index (κ1) is 57.4. The summed E-state index contributed by atoms with van der Waals surface area (Å²) in [5, 5.41) is 30.4. The highest BCUT2D eigenvalue weighted by Gasteiger charge is 2.33.